The molecule has 0 radical (unpaired) electrons. The van der Waals surface area contributed by atoms with Crippen molar-refractivity contribution >= 4 is 11.0 Å². The van der Waals surface area contributed by atoms with Gasteiger partial charge < -0.3 is 14.2 Å². The predicted molar refractivity (Wildman–Crippen MR) is 112 cm³/mol. The van der Waals surface area contributed by atoms with Crippen LogP contribution in [0.1, 0.15) is 19.1 Å². The zero-order chi connectivity index (χ0) is 22.8. The van der Waals surface area contributed by atoms with Gasteiger partial charge in [0.15, 0.2) is 11.6 Å². The van der Waals surface area contributed by atoms with Crippen molar-refractivity contribution in [3.63, 3.8) is 0 Å². The maximum Gasteiger partial charge on any atom is 0.234 e. The highest BCUT2D eigenvalue weighted by Gasteiger charge is 2.18. The summed E-state index contributed by atoms with van der Waals surface area (Å²) in [6, 6.07) is 5.69. The fourth-order valence-electron chi connectivity index (χ4n) is 3.21. The Bertz CT molecular complexity index is 1420. The Morgan fingerprint density at radius 2 is 2.03 bits per heavy atom. The maximum atomic E-state index is 14.1. The SMILES string of the molecule is CCCOc1cnc(-c2cc(C[n+]3cc4[nH]c(-c5cccc(F)c5F)nc4cn3)on2)cn1. The molecule has 166 valence electrons. The number of fused-ring (bicyclic) bond motifs is 1. The van der Waals surface area contributed by atoms with Gasteiger partial charge in [-0.1, -0.05) is 22.8 Å². The normalized spacial score (nSPS) is 11.2. The lowest BCUT2D eigenvalue weighted by atomic mass is 10.2. The van der Waals surface area contributed by atoms with Crippen molar-refractivity contribution < 1.29 is 22.7 Å². The molecule has 1 aromatic carbocycles. The van der Waals surface area contributed by atoms with E-state index >= 15 is 0 Å². The summed E-state index contributed by atoms with van der Waals surface area (Å²) in [5, 5.41) is 8.35. The van der Waals surface area contributed by atoms with Crippen molar-refractivity contribution in [1.29, 1.82) is 0 Å². The molecule has 0 unspecified atom stereocenters. The highest BCUT2D eigenvalue weighted by Crippen LogP contribution is 2.24. The third kappa shape index (κ3) is 4.25. The highest BCUT2D eigenvalue weighted by atomic mass is 19.2. The van der Waals surface area contributed by atoms with E-state index in [1.165, 1.54) is 18.3 Å². The quantitative estimate of drug-likeness (QED) is 0.379. The van der Waals surface area contributed by atoms with Crippen LogP contribution in [0, 0.1) is 11.6 Å². The molecule has 0 aliphatic rings. The molecule has 0 bridgehead atoms. The molecule has 0 fully saturated rings. The summed E-state index contributed by atoms with van der Waals surface area (Å²) in [5.41, 5.74) is 2.26. The number of benzene rings is 1. The molecule has 0 atom stereocenters. The number of aromatic nitrogens is 7. The van der Waals surface area contributed by atoms with Gasteiger partial charge in [0.25, 0.3) is 0 Å². The molecule has 0 aliphatic heterocycles. The van der Waals surface area contributed by atoms with Crippen molar-refractivity contribution in [1.82, 2.24) is 30.2 Å². The number of nitrogens with zero attached hydrogens (tertiary/aromatic N) is 6. The maximum absolute atomic E-state index is 14.1. The van der Waals surface area contributed by atoms with Crippen molar-refractivity contribution in [2.24, 2.45) is 0 Å². The average molecular weight is 450 g/mol. The molecule has 0 spiro atoms. The fraction of sp³-hybridized carbons (Fsp3) is 0.182. The van der Waals surface area contributed by atoms with Gasteiger partial charge in [-0.3, -0.25) is 0 Å². The molecule has 9 nitrogen and oxygen atoms in total. The first-order valence-electron chi connectivity index (χ1n) is 10.2. The third-order valence-electron chi connectivity index (χ3n) is 4.80. The van der Waals surface area contributed by atoms with Crippen LogP contribution in [0.5, 0.6) is 5.88 Å². The monoisotopic (exact) mass is 450 g/mol. The van der Waals surface area contributed by atoms with Gasteiger partial charge in [0.2, 0.25) is 24.4 Å². The Kier molecular flexibility index (Phi) is 5.43. The molecule has 1 N–H and O–H groups in total. The minimum atomic E-state index is -0.959. The van der Waals surface area contributed by atoms with Crippen LogP contribution in [0.4, 0.5) is 8.78 Å². The molecule has 11 heteroatoms. The van der Waals surface area contributed by atoms with Crippen LogP contribution in [0.25, 0.3) is 33.8 Å². The van der Waals surface area contributed by atoms with Gasteiger partial charge in [-0.05, 0) is 23.7 Å². The number of nitrogens with one attached hydrogen (secondary N) is 1. The van der Waals surface area contributed by atoms with E-state index in [4.69, 9.17) is 9.26 Å². The summed E-state index contributed by atoms with van der Waals surface area (Å²) < 4.78 is 40.1. The second kappa shape index (κ2) is 8.69. The van der Waals surface area contributed by atoms with Gasteiger partial charge in [-0.2, -0.15) is 0 Å². The Morgan fingerprint density at radius 3 is 2.85 bits per heavy atom. The lowest BCUT2D eigenvalue weighted by Crippen LogP contribution is -2.37. The minimum Gasteiger partial charge on any atom is -0.477 e. The average Bonchev–Trinajstić information content (AvgIpc) is 3.47. The van der Waals surface area contributed by atoms with Crippen LogP contribution < -0.4 is 9.42 Å². The number of ether oxygens (including phenoxy) is 1. The molecular weight excluding hydrogens is 432 g/mol. The van der Waals surface area contributed by atoms with Gasteiger partial charge in [0.05, 0.1) is 24.6 Å². The molecule has 0 saturated heterocycles. The first-order chi connectivity index (χ1) is 16.1. The number of hydrogen-bond donors (Lipinski definition) is 1. The summed E-state index contributed by atoms with van der Waals surface area (Å²) in [4.78, 5) is 15.8. The van der Waals surface area contributed by atoms with Gasteiger partial charge >= 0.3 is 0 Å². The van der Waals surface area contributed by atoms with Crippen molar-refractivity contribution in [3.05, 3.63) is 66.4 Å². The van der Waals surface area contributed by atoms with Crippen LogP contribution in [-0.2, 0) is 6.54 Å². The van der Waals surface area contributed by atoms with Gasteiger partial charge in [0.1, 0.15) is 34.4 Å². The van der Waals surface area contributed by atoms with E-state index in [-0.39, 0.29) is 17.9 Å². The Balaban J connectivity index is 1.34. The van der Waals surface area contributed by atoms with E-state index in [9.17, 15) is 8.78 Å². The van der Waals surface area contributed by atoms with Gasteiger partial charge in [0, 0.05) is 6.07 Å². The summed E-state index contributed by atoms with van der Waals surface area (Å²) in [7, 11) is 0. The second-order valence-electron chi connectivity index (χ2n) is 7.22. The number of aromatic amines is 1. The molecule has 5 rings (SSSR count). The van der Waals surface area contributed by atoms with Crippen LogP contribution in [0.3, 0.4) is 0 Å². The summed E-state index contributed by atoms with van der Waals surface area (Å²) in [6.45, 7) is 2.88. The molecule has 4 heterocycles. The number of H-pyrrole nitrogens is 1. The van der Waals surface area contributed by atoms with E-state index in [0.717, 1.165) is 12.5 Å². The van der Waals surface area contributed by atoms with Gasteiger partial charge in [-0.15, -0.1) is 0 Å². The lowest BCUT2D eigenvalue weighted by Gasteiger charge is -2.02. The molecule has 0 saturated carbocycles. The van der Waals surface area contributed by atoms with Crippen molar-refractivity contribution in [3.8, 4) is 28.7 Å². The largest absolute Gasteiger partial charge is 0.477 e. The molecule has 5 aromatic rings. The Hall–Kier alpha value is -4.28. The van der Waals surface area contributed by atoms with Crippen LogP contribution in [0.2, 0.25) is 0 Å². The Morgan fingerprint density at radius 1 is 1.12 bits per heavy atom. The van der Waals surface area contributed by atoms with E-state index in [1.807, 2.05) is 6.92 Å². The van der Waals surface area contributed by atoms with E-state index < -0.39 is 11.6 Å². The molecule has 0 amide bonds. The number of halogens is 2. The first-order valence-corrected chi connectivity index (χ1v) is 10.2. The lowest BCUT2D eigenvalue weighted by molar-refractivity contribution is -0.746. The van der Waals surface area contributed by atoms with E-state index in [2.05, 4.69) is 30.2 Å². The third-order valence-corrected chi connectivity index (χ3v) is 4.80. The van der Waals surface area contributed by atoms with E-state index in [0.29, 0.717) is 40.7 Å². The standard InChI is InChI=1S/C22H17F2N7O2/c1-2-6-32-20-10-25-17(8-26-20)16-7-13(33-30-16)11-31-12-19-18(9-27-31)28-22(29-19)14-4-3-5-15(23)21(14)24/h3-5,7-10,12H,2,6,11H2,1H3/p+1. The van der Waals surface area contributed by atoms with Crippen LogP contribution in [0.15, 0.2) is 53.6 Å². The predicted octanol–water partition coefficient (Wildman–Crippen LogP) is 3.47. The van der Waals surface area contributed by atoms with Crippen LogP contribution >= 0.6 is 0 Å². The first kappa shape index (κ1) is 20.6. The zero-order valence-corrected chi connectivity index (χ0v) is 17.5. The van der Waals surface area contributed by atoms with Crippen molar-refractivity contribution in [2.75, 3.05) is 6.61 Å². The Labute approximate surface area is 186 Å². The zero-order valence-electron chi connectivity index (χ0n) is 17.5. The van der Waals surface area contributed by atoms with Gasteiger partial charge in [-0.25, -0.2) is 23.7 Å². The highest BCUT2D eigenvalue weighted by molar-refractivity contribution is 5.77. The molecular formula is C22H18F2N7O2+. The smallest absolute Gasteiger partial charge is 0.234 e. The summed E-state index contributed by atoms with van der Waals surface area (Å²) in [6.07, 6.45) is 7.23. The van der Waals surface area contributed by atoms with Crippen LogP contribution in [-0.4, -0.2) is 36.8 Å². The molecule has 4 aromatic heterocycles. The summed E-state index contributed by atoms with van der Waals surface area (Å²) in [5.74, 6) is -0.677. The summed E-state index contributed by atoms with van der Waals surface area (Å²) >= 11 is 0. The number of imidazole rings is 1. The topological polar surface area (TPSA) is 106 Å². The van der Waals surface area contributed by atoms with E-state index in [1.54, 1.807) is 29.3 Å². The molecule has 33 heavy (non-hydrogen) atoms. The molecule has 0 aliphatic carbocycles. The second-order valence-corrected chi connectivity index (χ2v) is 7.22. The number of hydrogen-bond acceptors (Lipinski definition) is 7. The van der Waals surface area contributed by atoms with Crippen molar-refractivity contribution in [2.45, 2.75) is 19.9 Å². The fourth-order valence-corrected chi connectivity index (χ4v) is 3.21. The minimum absolute atomic E-state index is 0.0462. The number of rotatable bonds is 7.